The van der Waals surface area contributed by atoms with Gasteiger partial charge < -0.3 is 5.73 Å². The SMILES string of the molecule is Cc1sc(N)nc1-c1cccc(Br)c1. The van der Waals surface area contributed by atoms with E-state index in [1.165, 1.54) is 11.3 Å². The molecule has 2 aromatic rings. The Kier molecular flexibility index (Phi) is 2.56. The van der Waals surface area contributed by atoms with Crippen LogP contribution in [0.25, 0.3) is 11.3 Å². The molecule has 1 aromatic carbocycles. The highest BCUT2D eigenvalue weighted by atomic mass is 79.9. The molecule has 0 aliphatic carbocycles. The van der Waals surface area contributed by atoms with Crippen molar-refractivity contribution in [3.05, 3.63) is 33.6 Å². The van der Waals surface area contributed by atoms with E-state index < -0.39 is 0 Å². The molecule has 2 nitrogen and oxygen atoms in total. The maximum Gasteiger partial charge on any atom is 0.180 e. The zero-order valence-corrected chi connectivity index (χ0v) is 10.0. The number of hydrogen-bond acceptors (Lipinski definition) is 3. The Labute approximate surface area is 94.9 Å². The number of rotatable bonds is 1. The Bertz CT molecular complexity index is 465. The second-order valence-corrected chi connectivity index (χ2v) is 5.12. The molecular formula is C10H9BrN2S. The molecule has 0 aliphatic rings. The maximum absolute atomic E-state index is 5.65. The molecule has 0 aliphatic heterocycles. The molecular weight excluding hydrogens is 260 g/mol. The van der Waals surface area contributed by atoms with Crippen molar-refractivity contribution >= 4 is 32.4 Å². The Morgan fingerprint density at radius 1 is 1.43 bits per heavy atom. The minimum atomic E-state index is 0.623. The van der Waals surface area contributed by atoms with E-state index in [2.05, 4.69) is 20.9 Å². The van der Waals surface area contributed by atoms with Gasteiger partial charge in [-0.25, -0.2) is 4.98 Å². The summed E-state index contributed by atoms with van der Waals surface area (Å²) < 4.78 is 1.06. The number of aromatic nitrogens is 1. The first kappa shape index (κ1) is 9.68. The topological polar surface area (TPSA) is 38.9 Å². The molecule has 0 atom stereocenters. The van der Waals surface area contributed by atoms with E-state index in [1.807, 2.05) is 31.2 Å². The normalized spacial score (nSPS) is 10.4. The Morgan fingerprint density at radius 3 is 2.79 bits per heavy atom. The molecule has 0 spiro atoms. The Balaban J connectivity index is 2.54. The van der Waals surface area contributed by atoms with Gasteiger partial charge in [0.1, 0.15) is 0 Å². The third-order valence-electron chi connectivity index (χ3n) is 1.91. The van der Waals surface area contributed by atoms with E-state index in [0.29, 0.717) is 5.13 Å². The molecule has 1 aromatic heterocycles. The highest BCUT2D eigenvalue weighted by Crippen LogP contribution is 2.29. The van der Waals surface area contributed by atoms with Gasteiger partial charge in [-0.05, 0) is 19.1 Å². The summed E-state index contributed by atoms with van der Waals surface area (Å²) in [6, 6.07) is 8.07. The number of anilines is 1. The molecule has 4 heteroatoms. The van der Waals surface area contributed by atoms with Crippen molar-refractivity contribution in [2.24, 2.45) is 0 Å². The number of halogens is 1. The van der Waals surface area contributed by atoms with Gasteiger partial charge in [-0.15, -0.1) is 11.3 Å². The lowest BCUT2D eigenvalue weighted by atomic mass is 10.1. The van der Waals surface area contributed by atoms with Gasteiger partial charge in [0, 0.05) is 14.9 Å². The second-order valence-electron chi connectivity index (χ2n) is 2.97. The molecule has 0 radical (unpaired) electrons. The van der Waals surface area contributed by atoms with Crippen LogP contribution in [0.4, 0.5) is 5.13 Å². The highest BCUT2D eigenvalue weighted by Gasteiger charge is 2.07. The van der Waals surface area contributed by atoms with Crippen LogP contribution in [0.1, 0.15) is 4.88 Å². The van der Waals surface area contributed by atoms with Crippen molar-refractivity contribution in [2.75, 3.05) is 5.73 Å². The standard InChI is InChI=1S/C10H9BrN2S/c1-6-9(13-10(12)14-6)7-3-2-4-8(11)5-7/h2-5H,1H3,(H2,12,13). The number of hydrogen-bond donors (Lipinski definition) is 1. The summed E-state index contributed by atoms with van der Waals surface area (Å²) in [4.78, 5) is 5.45. The average Bonchev–Trinajstić information content (AvgIpc) is 2.45. The van der Waals surface area contributed by atoms with Crippen LogP contribution in [-0.4, -0.2) is 4.98 Å². The van der Waals surface area contributed by atoms with Gasteiger partial charge in [0.2, 0.25) is 0 Å². The van der Waals surface area contributed by atoms with Gasteiger partial charge in [0.05, 0.1) is 5.69 Å². The predicted octanol–water partition coefficient (Wildman–Crippen LogP) is 3.46. The van der Waals surface area contributed by atoms with E-state index in [4.69, 9.17) is 5.73 Å². The summed E-state index contributed by atoms with van der Waals surface area (Å²) in [5.74, 6) is 0. The minimum absolute atomic E-state index is 0.623. The molecule has 2 N–H and O–H groups in total. The first-order chi connectivity index (χ1) is 6.66. The molecule has 1 heterocycles. The molecule has 0 bridgehead atoms. The molecule has 0 fully saturated rings. The molecule has 14 heavy (non-hydrogen) atoms. The molecule has 0 saturated carbocycles. The molecule has 0 saturated heterocycles. The molecule has 2 rings (SSSR count). The van der Waals surface area contributed by atoms with Crippen LogP contribution in [0.15, 0.2) is 28.7 Å². The molecule has 0 amide bonds. The summed E-state index contributed by atoms with van der Waals surface area (Å²) in [6.07, 6.45) is 0. The van der Waals surface area contributed by atoms with Crippen LogP contribution in [0.3, 0.4) is 0 Å². The first-order valence-corrected chi connectivity index (χ1v) is 5.76. The molecule has 72 valence electrons. The fourth-order valence-electron chi connectivity index (χ4n) is 1.32. The van der Waals surface area contributed by atoms with Crippen LogP contribution in [0.2, 0.25) is 0 Å². The fourth-order valence-corrected chi connectivity index (χ4v) is 2.43. The van der Waals surface area contributed by atoms with Gasteiger partial charge >= 0.3 is 0 Å². The van der Waals surface area contributed by atoms with E-state index in [9.17, 15) is 0 Å². The number of nitrogens with zero attached hydrogens (tertiary/aromatic N) is 1. The van der Waals surface area contributed by atoms with Gasteiger partial charge in [-0.2, -0.15) is 0 Å². The van der Waals surface area contributed by atoms with Gasteiger partial charge in [0.15, 0.2) is 5.13 Å². The quantitative estimate of drug-likeness (QED) is 0.861. The summed E-state index contributed by atoms with van der Waals surface area (Å²) in [6.45, 7) is 2.03. The molecule has 0 unspecified atom stereocenters. The lowest BCUT2D eigenvalue weighted by Crippen LogP contribution is -1.83. The van der Waals surface area contributed by atoms with E-state index >= 15 is 0 Å². The number of nitrogens with two attached hydrogens (primary N) is 1. The zero-order valence-electron chi connectivity index (χ0n) is 7.62. The van der Waals surface area contributed by atoms with Crippen molar-refractivity contribution in [3.8, 4) is 11.3 Å². The first-order valence-electron chi connectivity index (χ1n) is 4.15. The van der Waals surface area contributed by atoms with Gasteiger partial charge in [-0.3, -0.25) is 0 Å². The van der Waals surface area contributed by atoms with E-state index in [1.54, 1.807) is 0 Å². The highest BCUT2D eigenvalue weighted by molar-refractivity contribution is 9.10. The van der Waals surface area contributed by atoms with Crippen molar-refractivity contribution in [3.63, 3.8) is 0 Å². The maximum atomic E-state index is 5.65. The van der Waals surface area contributed by atoms with Crippen LogP contribution in [0.5, 0.6) is 0 Å². The van der Waals surface area contributed by atoms with Crippen molar-refractivity contribution < 1.29 is 0 Å². The summed E-state index contributed by atoms with van der Waals surface area (Å²) in [5.41, 5.74) is 7.73. The van der Waals surface area contributed by atoms with E-state index in [0.717, 1.165) is 20.6 Å². The lowest BCUT2D eigenvalue weighted by Gasteiger charge is -1.98. The Hall–Kier alpha value is -0.870. The fraction of sp³-hybridized carbons (Fsp3) is 0.100. The lowest BCUT2D eigenvalue weighted by molar-refractivity contribution is 1.37. The zero-order chi connectivity index (χ0) is 10.1. The van der Waals surface area contributed by atoms with Crippen LogP contribution in [0, 0.1) is 6.92 Å². The predicted molar refractivity (Wildman–Crippen MR) is 64.4 cm³/mol. The smallest absolute Gasteiger partial charge is 0.180 e. The van der Waals surface area contributed by atoms with Crippen LogP contribution in [-0.2, 0) is 0 Å². The number of thiazole rings is 1. The number of aryl methyl sites for hydroxylation is 1. The monoisotopic (exact) mass is 268 g/mol. The average molecular weight is 269 g/mol. The third-order valence-corrected chi connectivity index (χ3v) is 3.20. The van der Waals surface area contributed by atoms with Crippen molar-refractivity contribution in [1.82, 2.24) is 4.98 Å². The van der Waals surface area contributed by atoms with Gasteiger partial charge in [-0.1, -0.05) is 28.1 Å². The number of benzene rings is 1. The summed E-state index contributed by atoms with van der Waals surface area (Å²) in [7, 11) is 0. The second kappa shape index (κ2) is 3.71. The van der Waals surface area contributed by atoms with Gasteiger partial charge in [0.25, 0.3) is 0 Å². The van der Waals surface area contributed by atoms with Crippen LogP contribution >= 0.6 is 27.3 Å². The largest absolute Gasteiger partial charge is 0.375 e. The number of nitrogen functional groups attached to an aromatic ring is 1. The minimum Gasteiger partial charge on any atom is -0.375 e. The van der Waals surface area contributed by atoms with Crippen molar-refractivity contribution in [1.29, 1.82) is 0 Å². The summed E-state index contributed by atoms with van der Waals surface area (Å²) in [5, 5.41) is 0.623. The Morgan fingerprint density at radius 2 is 2.21 bits per heavy atom. The van der Waals surface area contributed by atoms with Crippen LogP contribution < -0.4 is 5.73 Å². The third kappa shape index (κ3) is 1.81. The summed E-state index contributed by atoms with van der Waals surface area (Å²) >= 11 is 4.96. The van der Waals surface area contributed by atoms with Crippen molar-refractivity contribution in [2.45, 2.75) is 6.92 Å². The van der Waals surface area contributed by atoms with E-state index in [-0.39, 0.29) is 0 Å².